The standard InChI is InChI=1S/C21H17FN4O2/c1-13-2-4-15(5-3-13)20-23-21(28-25-20)18-10-17-12-27-19(11-26(17)24-18)14-6-8-16(22)9-7-14/h2-10,19H,11-12H2,1H3/t19-/m1/s1. The van der Waals surface area contributed by atoms with Crippen LogP contribution in [-0.4, -0.2) is 19.9 Å². The highest BCUT2D eigenvalue weighted by Crippen LogP contribution is 2.29. The number of benzene rings is 2. The van der Waals surface area contributed by atoms with Crippen molar-refractivity contribution in [3.05, 3.63) is 77.2 Å². The molecule has 0 radical (unpaired) electrons. The molecule has 5 rings (SSSR count). The van der Waals surface area contributed by atoms with Crippen molar-refractivity contribution in [3.8, 4) is 23.0 Å². The fourth-order valence-corrected chi connectivity index (χ4v) is 3.26. The lowest BCUT2D eigenvalue weighted by Crippen LogP contribution is -2.21. The van der Waals surface area contributed by atoms with Gasteiger partial charge in [-0.1, -0.05) is 47.1 Å². The SMILES string of the molecule is Cc1ccc(-c2noc(-c3cc4n(n3)C[C@H](c3ccc(F)cc3)OC4)n2)cc1. The highest BCUT2D eigenvalue weighted by Gasteiger charge is 2.24. The molecule has 0 aliphatic carbocycles. The van der Waals surface area contributed by atoms with Gasteiger partial charge in [-0.3, -0.25) is 4.68 Å². The molecule has 1 atom stereocenters. The number of rotatable bonds is 3. The van der Waals surface area contributed by atoms with Crippen LogP contribution in [0.4, 0.5) is 4.39 Å². The summed E-state index contributed by atoms with van der Waals surface area (Å²) in [5, 5.41) is 8.67. The second-order valence-corrected chi connectivity index (χ2v) is 6.84. The maximum Gasteiger partial charge on any atom is 0.278 e. The van der Waals surface area contributed by atoms with Crippen LogP contribution < -0.4 is 0 Å². The van der Waals surface area contributed by atoms with E-state index in [1.807, 2.05) is 41.9 Å². The van der Waals surface area contributed by atoms with Crippen LogP contribution in [0.2, 0.25) is 0 Å². The molecule has 0 saturated heterocycles. The van der Waals surface area contributed by atoms with Crippen LogP contribution in [0, 0.1) is 12.7 Å². The number of fused-ring (bicyclic) bond motifs is 1. The van der Waals surface area contributed by atoms with Gasteiger partial charge in [-0.2, -0.15) is 10.1 Å². The van der Waals surface area contributed by atoms with E-state index in [4.69, 9.17) is 9.26 Å². The third-order valence-corrected chi connectivity index (χ3v) is 4.83. The van der Waals surface area contributed by atoms with Crippen LogP contribution in [0.5, 0.6) is 0 Å². The first-order valence-electron chi connectivity index (χ1n) is 9.00. The summed E-state index contributed by atoms with van der Waals surface area (Å²) in [6.07, 6.45) is -0.174. The summed E-state index contributed by atoms with van der Waals surface area (Å²) in [6, 6.07) is 16.2. The molecule has 1 aliphatic rings. The Morgan fingerprint density at radius 2 is 1.86 bits per heavy atom. The summed E-state index contributed by atoms with van der Waals surface area (Å²) in [5.74, 6) is 0.639. The Kier molecular flexibility index (Phi) is 4.02. The fourth-order valence-electron chi connectivity index (χ4n) is 3.26. The Morgan fingerprint density at radius 3 is 2.64 bits per heavy atom. The first-order chi connectivity index (χ1) is 13.7. The van der Waals surface area contributed by atoms with Crippen LogP contribution in [-0.2, 0) is 17.9 Å². The number of halogens is 1. The van der Waals surface area contributed by atoms with E-state index in [1.165, 1.54) is 17.7 Å². The second kappa shape index (κ2) is 6.69. The quantitative estimate of drug-likeness (QED) is 0.533. The van der Waals surface area contributed by atoms with Gasteiger partial charge < -0.3 is 9.26 Å². The molecule has 4 aromatic rings. The van der Waals surface area contributed by atoms with Gasteiger partial charge in [0.25, 0.3) is 5.89 Å². The van der Waals surface area contributed by atoms with Crippen molar-refractivity contribution in [2.45, 2.75) is 26.2 Å². The zero-order valence-electron chi connectivity index (χ0n) is 15.2. The molecule has 0 unspecified atom stereocenters. The van der Waals surface area contributed by atoms with Gasteiger partial charge >= 0.3 is 0 Å². The van der Waals surface area contributed by atoms with Crippen molar-refractivity contribution in [3.63, 3.8) is 0 Å². The van der Waals surface area contributed by atoms with Crippen molar-refractivity contribution < 1.29 is 13.7 Å². The number of ether oxygens (including phenoxy) is 1. The van der Waals surface area contributed by atoms with Crippen molar-refractivity contribution in [1.29, 1.82) is 0 Å². The van der Waals surface area contributed by atoms with E-state index in [-0.39, 0.29) is 11.9 Å². The number of aryl methyl sites for hydroxylation is 1. The molecular weight excluding hydrogens is 359 g/mol. The topological polar surface area (TPSA) is 66.0 Å². The Hall–Kier alpha value is -3.32. The summed E-state index contributed by atoms with van der Waals surface area (Å²) in [4.78, 5) is 4.47. The molecule has 140 valence electrons. The maximum atomic E-state index is 13.1. The Labute approximate surface area is 160 Å². The molecule has 2 aromatic heterocycles. The Morgan fingerprint density at radius 1 is 1.07 bits per heavy atom. The van der Waals surface area contributed by atoms with Crippen LogP contribution in [0.25, 0.3) is 23.0 Å². The van der Waals surface area contributed by atoms with E-state index in [1.54, 1.807) is 12.1 Å². The van der Waals surface area contributed by atoms with E-state index >= 15 is 0 Å². The summed E-state index contributed by atoms with van der Waals surface area (Å²) in [6.45, 7) is 2.98. The largest absolute Gasteiger partial charge is 0.365 e. The minimum atomic E-state index is -0.262. The van der Waals surface area contributed by atoms with Crippen LogP contribution >= 0.6 is 0 Å². The second-order valence-electron chi connectivity index (χ2n) is 6.84. The van der Waals surface area contributed by atoms with Crippen molar-refractivity contribution in [2.24, 2.45) is 0 Å². The number of hydrogen-bond donors (Lipinski definition) is 0. The predicted octanol–water partition coefficient (Wildman–Crippen LogP) is 4.32. The van der Waals surface area contributed by atoms with E-state index in [0.29, 0.717) is 30.6 Å². The van der Waals surface area contributed by atoms with Gasteiger partial charge in [0.1, 0.15) is 11.9 Å². The van der Waals surface area contributed by atoms with E-state index in [2.05, 4.69) is 15.2 Å². The van der Waals surface area contributed by atoms with Gasteiger partial charge in [-0.25, -0.2) is 4.39 Å². The average molecular weight is 376 g/mol. The molecule has 0 fully saturated rings. The first-order valence-corrected chi connectivity index (χ1v) is 9.00. The third kappa shape index (κ3) is 3.10. The molecular formula is C21H17FN4O2. The van der Waals surface area contributed by atoms with Gasteiger partial charge in [-0.05, 0) is 30.7 Å². The zero-order chi connectivity index (χ0) is 19.1. The molecule has 1 aliphatic heterocycles. The third-order valence-electron chi connectivity index (χ3n) is 4.83. The fraction of sp³-hybridized carbons (Fsp3) is 0.190. The van der Waals surface area contributed by atoms with E-state index in [0.717, 1.165) is 16.8 Å². The number of hydrogen-bond acceptors (Lipinski definition) is 5. The van der Waals surface area contributed by atoms with E-state index in [9.17, 15) is 4.39 Å². The minimum absolute atomic E-state index is 0.174. The lowest BCUT2D eigenvalue weighted by Gasteiger charge is -2.24. The van der Waals surface area contributed by atoms with Crippen LogP contribution in [0.3, 0.4) is 0 Å². The lowest BCUT2D eigenvalue weighted by atomic mass is 10.1. The summed E-state index contributed by atoms with van der Waals surface area (Å²) in [7, 11) is 0. The smallest absolute Gasteiger partial charge is 0.278 e. The van der Waals surface area contributed by atoms with Crippen molar-refractivity contribution in [1.82, 2.24) is 19.9 Å². The molecule has 7 heteroatoms. The van der Waals surface area contributed by atoms with Crippen LogP contribution in [0.15, 0.2) is 59.1 Å². The number of nitrogens with zero attached hydrogens (tertiary/aromatic N) is 4. The summed E-state index contributed by atoms with van der Waals surface area (Å²) < 4.78 is 26.4. The highest BCUT2D eigenvalue weighted by molar-refractivity contribution is 5.58. The summed E-state index contributed by atoms with van der Waals surface area (Å²) >= 11 is 0. The Bertz CT molecular complexity index is 1120. The van der Waals surface area contributed by atoms with Crippen molar-refractivity contribution in [2.75, 3.05) is 0 Å². The van der Waals surface area contributed by atoms with Crippen LogP contribution in [0.1, 0.15) is 22.9 Å². The van der Waals surface area contributed by atoms with Gasteiger partial charge in [0.15, 0.2) is 5.69 Å². The van der Waals surface area contributed by atoms with Gasteiger partial charge in [-0.15, -0.1) is 0 Å². The zero-order valence-corrected chi connectivity index (χ0v) is 15.2. The van der Waals surface area contributed by atoms with Gasteiger partial charge in [0.05, 0.1) is 18.8 Å². The Balaban J connectivity index is 1.39. The predicted molar refractivity (Wildman–Crippen MR) is 99.6 cm³/mol. The van der Waals surface area contributed by atoms with E-state index < -0.39 is 0 Å². The molecule has 28 heavy (non-hydrogen) atoms. The first kappa shape index (κ1) is 16.8. The molecule has 0 N–H and O–H groups in total. The molecule has 0 amide bonds. The minimum Gasteiger partial charge on any atom is -0.365 e. The molecule has 0 spiro atoms. The molecule has 0 saturated carbocycles. The average Bonchev–Trinajstić information content (AvgIpc) is 3.35. The monoisotopic (exact) mass is 376 g/mol. The van der Waals surface area contributed by atoms with Gasteiger partial charge in [0, 0.05) is 5.56 Å². The highest BCUT2D eigenvalue weighted by atomic mass is 19.1. The maximum absolute atomic E-state index is 13.1. The molecule has 3 heterocycles. The number of aromatic nitrogens is 4. The molecule has 6 nitrogen and oxygen atoms in total. The van der Waals surface area contributed by atoms with Crippen molar-refractivity contribution >= 4 is 0 Å². The normalized spacial score (nSPS) is 16.1. The molecule has 2 aromatic carbocycles. The lowest BCUT2D eigenvalue weighted by molar-refractivity contribution is -0.00116. The van der Waals surface area contributed by atoms with Gasteiger partial charge in [0.2, 0.25) is 5.82 Å². The molecule has 0 bridgehead atoms. The summed E-state index contributed by atoms with van der Waals surface area (Å²) in [5.41, 5.74) is 4.53.